The number of benzene rings is 2. The molecule has 0 saturated carbocycles. The zero-order valence-corrected chi connectivity index (χ0v) is 21.0. The Balaban J connectivity index is 1.77. The van der Waals surface area contributed by atoms with Crippen LogP contribution in [-0.4, -0.2) is 27.5 Å². The highest BCUT2D eigenvalue weighted by Crippen LogP contribution is 2.28. The standard InChI is InChI=1S/C24H17BrClN3O4S/c1-12-9-14(13(2)28(12)17-7-8-20(26)18(11-17)23(32)33)10-19-21(30)27-24(34)29(22(19)31)16-5-3-15(25)4-6-16/h3-11H,1-2H3,(H,32,33)(H,27,30,34)/p-1/b19-10+. The van der Waals surface area contributed by atoms with Crippen molar-refractivity contribution in [2.75, 3.05) is 4.90 Å². The Kier molecular flexibility index (Phi) is 6.44. The number of anilines is 1. The molecule has 1 aliphatic rings. The summed E-state index contributed by atoms with van der Waals surface area (Å²) in [4.78, 5) is 38.6. The van der Waals surface area contributed by atoms with Crippen molar-refractivity contribution in [2.24, 2.45) is 0 Å². The zero-order chi connectivity index (χ0) is 24.7. The van der Waals surface area contributed by atoms with E-state index in [1.165, 1.54) is 23.1 Å². The summed E-state index contributed by atoms with van der Waals surface area (Å²) in [5.41, 5.74) is 2.94. The van der Waals surface area contributed by atoms with Gasteiger partial charge in [0.15, 0.2) is 5.11 Å². The average molecular weight is 558 g/mol. The van der Waals surface area contributed by atoms with E-state index in [0.29, 0.717) is 22.6 Å². The van der Waals surface area contributed by atoms with Crippen LogP contribution < -0.4 is 15.3 Å². The van der Waals surface area contributed by atoms with Gasteiger partial charge in [0.2, 0.25) is 0 Å². The lowest BCUT2D eigenvalue weighted by Gasteiger charge is -2.29. The maximum Gasteiger partial charge on any atom is 0.270 e. The minimum absolute atomic E-state index is 0.00378. The van der Waals surface area contributed by atoms with E-state index in [9.17, 15) is 19.5 Å². The van der Waals surface area contributed by atoms with Crippen LogP contribution in [0.15, 0.2) is 58.6 Å². The molecule has 1 N–H and O–H groups in total. The first-order chi connectivity index (χ1) is 16.1. The van der Waals surface area contributed by atoms with Crippen molar-refractivity contribution in [1.29, 1.82) is 0 Å². The number of aromatic nitrogens is 1. The number of thiocarbonyl (C=S) groups is 1. The minimum Gasteiger partial charge on any atom is -0.545 e. The molecule has 4 rings (SSSR count). The summed E-state index contributed by atoms with van der Waals surface area (Å²) in [6.45, 7) is 3.63. The quantitative estimate of drug-likeness (QED) is 0.300. The van der Waals surface area contributed by atoms with Gasteiger partial charge >= 0.3 is 0 Å². The van der Waals surface area contributed by atoms with Gasteiger partial charge in [0.05, 0.1) is 11.7 Å². The van der Waals surface area contributed by atoms with Crippen LogP contribution in [0.5, 0.6) is 0 Å². The van der Waals surface area contributed by atoms with Gasteiger partial charge in [0, 0.05) is 32.1 Å². The van der Waals surface area contributed by atoms with Gasteiger partial charge in [-0.25, -0.2) is 0 Å². The maximum absolute atomic E-state index is 13.3. The zero-order valence-electron chi connectivity index (χ0n) is 17.9. The van der Waals surface area contributed by atoms with Crippen molar-refractivity contribution < 1.29 is 19.5 Å². The molecule has 3 aromatic rings. The number of aryl methyl sites for hydroxylation is 1. The molecule has 34 heavy (non-hydrogen) atoms. The van der Waals surface area contributed by atoms with E-state index < -0.39 is 17.8 Å². The largest absolute Gasteiger partial charge is 0.545 e. The summed E-state index contributed by atoms with van der Waals surface area (Å²) in [5.74, 6) is -2.53. The summed E-state index contributed by atoms with van der Waals surface area (Å²) >= 11 is 14.6. The lowest BCUT2D eigenvalue weighted by Crippen LogP contribution is -2.54. The Morgan fingerprint density at radius 3 is 2.38 bits per heavy atom. The van der Waals surface area contributed by atoms with E-state index in [1.807, 2.05) is 6.92 Å². The monoisotopic (exact) mass is 556 g/mol. The molecule has 0 atom stereocenters. The highest BCUT2D eigenvalue weighted by Gasteiger charge is 2.34. The van der Waals surface area contributed by atoms with Crippen LogP contribution in [0.2, 0.25) is 5.02 Å². The number of hydrogen-bond acceptors (Lipinski definition) is 5. The van der Waals surface area contributed by atoms with Crippen LogP contribution >= 0.6 is 39.7 Å². The third-order valence-electron chi connectivity index (χ3n) is 5.38. The number of amides is 2. The molecule has 0 aliphatic carbocycles. The second-order valence-electron chi connectivity index (χ2n) is 7.55. The number of carbonyl (C=O) groups excluding carboxylic acids is 3. The van der Waals surface area contributed by atoms with Crippen molar-refractivity contribution in [1.82, 2.24) is 9.88 Å². The Morgan fingerprint density at radius 1 is 1.09 bits per heavy atom. The van der Waals surface area contributed by atoms with Gasteiger partial charge in [-0.2, -0.15) is 0 Å². The molecule has 2 heterocycles. The predicted octanol–water partition coefficient (Wildman–Crippen LogP) is 3.70. The van der Waals surface area contributed by atoms with E-state index in [0.717, 1.165) is 10.2 Å². The number of hydrogen-bond donors (Lipinski definition) is 1. The van der Waals surface area contributed by atoms with E-state index in [1.54, 1.807) is 47.9 Å². The van der Waals surface area contributed by atoms with Gasteiger partial charge < -0.3 is 14.5 Å². The number of aromatic carboxylic acids is 1. The van der Waals surface area contributed by atoms with E-state index >= 15 is 0 Å². The van der Waals surface area contributed by atoms with Crippen LogP contribution in [-0.2, 0) is 9.59 Å². The number of carboxylic acids is 1. The first kappa shape index (κ1) is 23.9. The number of nitrogens with zero attached hydrogens (tertiary/aromatic N) is 2. The fourth-order valence-corrected chi connectivity index (χ4v) is 4.52. The van der Waals surface area contributed by atoms with Crippen LogP contribution in [0.4, 0.5) is 5.69 Å². The van der Waals surface area contributed by atoms with Gasteiger partial charge in [0.25, 0.3) is 11.8 Å². The second kappa shape index (κ2) is 9.17. The van der Waals surface area contributed by atoms with Crippen LogP contribution in [0, 0.1) is 13.8 Å². The number of rotatable bonds is 4. The summed E-state index contributed by atoms with van der Waals surface area (Å²) in [6.07, 6.45) is 1.50. The summed E-state index contributed by atoms with van der Waals surface area (Å²) in [6, 6.07) is 13.3. The van der Waals surface area contributed by atoms with E-state index in [2.05, 4.69) is 21.2 Å². The van der Waals surface area contributed by atoms with Crippen LogP contribution in [0.3, 0.4) is 0 Å². The molecule has 0 unspecified atom stereocenters. The first-order valence-corrected chi connectivity index (χ1v) is 11.5. The summed E-state index contributed by atoms with van der Waals surface area (Å²) in [7, 11) is 0. The van der Waals surface area contributed by atoms with Gasteiger partial charge in [-0.05, 0) is 86.2 Å². The molecule has 1 aromatic heterocycles. The SMILES string of the molecule is Cc1cc(/C=C2\C(=O)NC(=S)N(c3ccc(Br)cc3)C2=O)c(C)n1-c1ccc(Cl)c(C(=O)[O-])c1. The average Bonchev–Trinajstić information content (AvgIpc) is 3.05. The lowest BCUT2D eigenvalue weighted by atomic mass is 10.1. The smallest absolute Gasteiger partial charge is 0.270 e. The van der Waals surface area contributed by atoms with Crippen molar-refractivity contribution in [3.8, 4) is 5.69 Å². The molecule has 2 aromatic carbocycles. The normalized spacial score (nSPS) is 15.1. The van der Waals surface area contributed by atoms with Gasteiger partial charge in [0.1, 0.15) is 5.57 Å². The molecule has 2 amide bonds. The Hall–Kier alpha value is -3.27. The molecule has 1 saturated heterocycles. The molecule has 1 fully saturated rings. The molecule has 172 valence electrons. The van der Waals surface area contributed by atoms with Crippen LogP contribution in [0.25, 0.3) is 11.8 Å². The predicted molar refractivity (Wildman–Crippen MR) is 135 cm³/mol. The summed E-state index contributed by atoms with van der Waals surface area (Å²) < 4.78 is 2.64. The minimum atomic E-state index is -1.38. The van der Waals surface area contributed by atoms with E-state index in [-0.39, 0.29) is 21.3 Å². The molecule has 0 spiro atoms. The fraction of sp³-hybridized carbons (Fsp3) is 0.0833. The first-order valence-electron chi connectivity index (χ1n) is 9.95. The van der Waals surface area contributed by atoms with Crippen molar-refractivity contribution >= 4 is 74.4 Å². The van der Waals surface area contributed by atoms with Crippen molar-refractivity contribution in [2.45, 2.75) is 13.8 Å². The molecule has 10 heteroatoms. The lowest BCUT2D eigenvalue weighted by molar-refractivity contribution is -0.255. The molecule has 0 radical (unpaired) electrons. The Morgan fingerprint density at radius 2 is 1.74 bits per heavy atom. The highest BCUT2D eigenvalue weighted by atomic mass is 79.9. The molecular formula is C24H16BrClN3O4S-. The number of halogens is 2. The maximum atomic E-state index is 13.3. The molecule has 1 aliphatic heterocycles. The van der Waals surface area contributed by atoms with Gasteiger partial charge in [-0.3, -0.25) is 19.8 Å². The third-order valence-corrected chi connectivity index (χ3v) is 6.53. The fourth-order valence-electron chi connectivity index (χ4n) is 3.78. The Labute approximate surface area is 213 Å². The van der Waals surface area contributed by atoms with Crippen molar-refractivity contribution in [3.05, 3.63) is 86.1 Å². The number of nitrogens with one attached hydrogen (secondary N) is 1. The molecular weight excluding hydrogens is 542 g/mol. The number of carbonyl (C=O) groups is 3. The summed E-state index contributed by atoms with van der Waals surface area (Å²) in [5, 5.41) is 14.0. The Bertz CT molecular complexity index is 1410. The topological polar surface area (TPSA) is 94.5 Å². The van der Waals surface area contributed by atoms with Gasteiger partial charge in [-0.15, -0.1) is 0 Å². The molecule has 0 bridgehead atoms. The third kappa shape index (κ3) is 4.29. The van der Waals surface area contributed by atoms with Crippen LogP contribution in [0.1, 0.15) is 27.3 Å². The highest BCUT2D eigenvalue weighted by molar-refractivity contribution is 9.10. The second-order valence-corrected chi connectivity index (χ2v) is 9.26. The number of carboxylic acid groups (broad SMARTS) is 1. The molecule has 7 nitrogen and oxygen atoms in total. The van der Waals surface area contributed by atoms with Gasteiger partial charge in [-0.1, -0.05) is 27.5 Å². The van der Waals surface area contributed by atoms with Crippen molar-refractivity contribution in [3.63, 3.8) is 0 Å². The van der Waals surface area contributed by atoms with E-state index in [4.69, 9.17) is 23.8 Å².